The molecule has 0 heterocycles. The van der Waals surface area contributed by atoms with Crippen molar-refractivity contribution in [2.24, 2.45) is 0 Å². The Bertz CT molecular complexity index is 574. The van der Waals surface area contributed by atoms with E-state index < -0.39 is 30.5 Å². The first-order chi connectivity index (χ1) is 10.9. The highest BCUT2D eigenvalue weighted by molar-refractivity contribution is 5.83. The lowest BCUT2D eigenvalue weighted by Gasteiger charge is -2.19. The van der Waals surface area contributed by atoms with Gasteiger partial charge in [0.15, 0.2) is 0 Å². The summed E-state index contributed by atoms with van der Waals surface area (Å²) in [5.41, 5.74) is 2.00. The number of carbonyl (C=O) groups is 2. The number of halogens is 3. The van der Waals surface area contributed by atoms with Crippen LogP contribution in [0.15, 0.2) is 24.3 Å². The number of carboxylic acids is 1. The summed E-state index contributed by atoms with van der Waals surface area (Å²) in [6, 6.07) is 5.64. The zero-order valence-electron chi connectivity index (χ0n) is 13.9. The van der Waals surface area contributed by atoms with Crippen molar-refractivity contribution < 1.29 is 27.9 Å². The maximum absolute atomic E-state index is 12.3. The molecule has 0 bridgehead atoms. The number of amides is 1. The smallest absolute Gasteiger partial charge is 0.391 e. The summed E-state index contributed by atoms with van der Waals surface area (Å²) in [6.07, 6.45) is -5.99. The molecule has 0 saturated heterocycles. The van der Waals surface area contributed by atoms with Crippen LogP contribution in [0, 0.1) is 0 Å². The van der Waals surface area contributed by atoms with Crippen molar-refractivity contribution in [1.82, 2.24) is 5.32 Å². The van der Waals surface area contributed by atoms with Crippen molar-refractivity contribution >= 4 is 11.9 Å². The number of hydrogen-bond donors (Lipinski definition) is 2. The molecule has 1 unspecified atom stereocenters. The van der Waals surface area contributed by atoms with Crippen LogP contribution in [0.1, 0.15) is 44.7 Å². The molecule has 0 radical (unpaired) electrons. The number of benzene rings is 1. The average molecular weight is 345 g/mol. The second kappa shape index (κ2) is 7.68. The first-order valence-electron chi connectivity index (χ1n) is 7.57. The van der Waals surface area contributed by atoms with Gasteiger partial charge in [-0.3, -0.25) is 4.79 Å². The van der Waals surface area contributed by atoms with Gasteiger partial charge in [-0.2, -0.15) is 13.2 Å². The molecule has 0 aliphatic rings. The van der Waals surface area contributed by atoms with Gasteiger partial charge < -0.3 is 10.4 Å². The lowest BCUT2D eigenvalue weighted by Crippen LogP contribution is -2.43. The first-order valence-corrected chi connectivity index (χ1v) is 7.57. The summed E-state index contributed by atoms with van der Waals surface area (Å²) in [5.74, 6) is -2.42. The molecule has 0 saturated carbocycles. The summed E-state index contributed by atoms with van der Waals surface area (Å²) in [6.45, 7) is 6.21. The summed E-state index contributed by atoms with van der Waals surface area (Å²) >= 11 is 0. The van der Waals surface area contributed by atoms with Crippen LogP contribution in [-0.4, -0.2) is 29.2 Å². The van der Waals surface area contributed by atoms with E-state index >= 15 is 0 Å². The Balaban J connectivity index is 2.57. The third-order valence-electron chi connectivity index (χ3n) is 3.53. The number of carboxylic acid groups (broad SMARTS) is 1. The highest BCUT2D eigenvalue weighted by atomic mass is 19.4. The van der Waals surface area contributed by atoms with Gasteiger partial charge in [0.25, 0.3) is 0 Å². The molecule has 1 rings (SSSR count). The Morgan fingerprint density at radius 3 is 2.08 bits per heavy atom. The number of aliphatic carboxylic acids is 1. The van der Waals surface area contributed by atoms with Crippen molar-refractivity contribution in [3.8, 4) is 0 Å². The third-order valence-corrected chi connectivity index (χ3v) is 3.53. The minimum atomic E-state index is -4.65. The number of hydrogen-bond acceptors (Lipinski definition) is 2. The largest absolute Gasteiger partial charge is 0.480 e. The molecule has 0 aliphatic carbocycles. The summed E-state index contributed by atoms with van der Waals surface area (Å²) in [5, 5.41) is 10.7. The highest BCUT2D eigenvalue weighted by Gasteiger charge is 2.36. The van der Waals surface area contributed by atoms with E-state index in [-0.39, 0.29) is 11.8 Å². The maximum atomic E-state index is 12.3. The lowest BCUT2D eigenvalue weighted by molar-refractivity contribution is -0.160. The van der Waals surface area contributed by atoms with E-state index in [0.717, 1.165) is 11.1 Å². The van der Waals surface area contributed by atoms with Gasteiger partial charge in [-0.05, 0) is 23.0 Å². The molecule has 4 nitrogen and oxygen atoms in total. The second-order valence-corrected chi connectivity index (χ2v) is 6.72. The van der Waals surface area contributed by atoms with Crippen molar-refractivity contribution in [2.45, 2.75) is 57.7 Å². The predicted molar refractivity (Wildman–Crippen MR) is 83.7 cm³/mol. The van der Waals surface area contributed by atoms with Gasteiger partial charge in [0.05, 0.1) is 6.42 Å². The number of carbonyl (C=O) groups excluding carboxylic acids is 1. The zero-order chi connectivity index (χ0) is 18.5. The molecule has 134 valence electrons. The Hall–Kier alpha value is -2.05. The van der Waals surface area contributed by atoms with E-state index in [2.05, 4.69) is 20.8 Å². The van der Waals surface area contributed by atoms with Gasteiger partial charge in [-0.1, -0.05) is 45.0 Å². The number of alkyl halides is 3. The van der Waals surface area contributed by atoms with E-state index in [9.17, 15) is 22.8 Å². The molecule has 2 N–H and O–H groups in total. The summed E-state index contributed by atoms with van der Waals surface area (Å²) in [4.78, 5) is 22.5. The van der Waals surface area contributed by atoms with Crippen LogP contribution in [-0.2, 0) is 21.4 Å². The average Bonchev–Trinajstić information content (AvgIpc) is 2.42. The first kappa shape index (κ1) is 20.0. The van der Waals surface area contributed by atoms with Crippen LogP contribution in [0.25, 0.3) is 0 Å². The normalized spacial score (nSPS) is 13.4. The fourth-order valence-corrected chi connectivity index (χ4v) is 2.13. The molecule has 24 heavy (non-hydrogen) atoms. The van der Waals surface area contributed by atoms with Crippen LogP contribution < -0.4 is 5.32 Å². The van der Waals surface area contributed by atoms with Crippen LogP contribution in [0.2, 0.25) is 0 Å². The zero-order valence-corrected chi connectivity index (χ0v) is 13.9. The van der Waals surface area contributed by atoms with E-state index in [4.69, 9.17) is 5.11 Å². The van der Waals surface area contributed by atoms with Crippen molar-refractivity contribution in [3.05, 3.63) is 35.4 Å². The van der Waals surface area contributed by atoms with E-state index in [1.54, 1.807) is 0 Å². The molecule has 0 aliphatic heterocycles. The molecule has 1 atom stereocenters. The maximum Gasteiger partial charge on any atom is 0.391 e. The van der Waals surface area contributed by atoms with E-state index in [1.807, 2.05) is 29.6 Å². The minimum absolute atomic E-state index is 0.00219. The van der Waals surface area contributed by atoms with Crippen molar-refractivity contribution in [1.29, 1.82) is 0 Å². The Labute approximate surface area is 139 Å². The number of nitrogens with one attached hydrogen (secondary N) is 1. The number of rotatable bonds is 6. The Morgan fingerprint density at radius 1 is 1.12 bits per heavy atom. The molecule has 7 heteroatoms. The van der Waals surface area contributed by atoms with E-state index in [0.29, 0.717) is 6.42 Å². The van der Waals surface area contributed by atoms with Gasteiger partial charge in [0, 0.05) is 6.42 Å². The van der Waals surface area contributed by atoms with Gasteiger partial charge in [-0.15, -0.1) is 0 Å². The van der Waals surface area contributed by atoms with Crippen molar-refractivity contribution in [3.63, 3.8) is 0 Å². The van der Waals surface area contributed by atoms with Gasteiger partial charge in [0.2, 0.25) is 5.91 Å². The standard InChI is InChI=1S/C17H22F3NO3/c1-16(2,3)12-7-4-11(5-8-12)6-9-14(22)21-13(15(23)24)10-17(18,19)20/h4-5,7-8,13H,6,9-10H2,1-3H3,(H,21,22)(H,23,24). The topological polar surface area (TPSA) is 66.4 Å². The van der Waals surface area contributed by atoms with Gasteiger partial charge in [0.1, 0.15) is 6.04 Å². The van der Waals surface area contributed by atoms with Crippen molar-refractivity contribution in [2.75, 3.05) is 0 Å². The highest BCUT2D eigenvalue weighted by Crippen LogP contribution is 2.23. The number of aryl methyl sites for hydroxylation is 1. The SMILES string of the molecule is CC(C)(C)c1ccc(CCC(=O)NC(CC(F)(F)F)C(=O)O)cc1. The Morgan fingerprint density at radius 2 is 1.67 bits per heavy atom. The fourth-order valence-electron chi connectivity index (χ4n) is 2.13. The predicted octanol–water partition coefficient (Wildman–Crippen LogP) is 3.44. The van der Waals surface area contributed by atoms with Gasteiger partial charge >= 0.3 is 12.1 Å². The van der Waals surface area contributed by atoms with Crippen LogP contribution in [0.4, 0.5) is 13.2 Å². The monoisotopic (exact) mass is 345 g/mol. The minimum Gasteiger partial charge on any atom is -0.480 e. The molecular formula is C17H22F3NO3. The third kappa shape index (κ3) is 7.02. The quantitative estimate of drug-likeness (QED) is 0.830. The summed E-state index contributed by atoms with van der Waals surface area (Å²) in [7, 11) is 0. The second-order valence-electron chi connectivity index (χ2n) is 6.72. The van der Waals surface area contributed by atoms with Crippen LogP contribution in [0.5, 0.6) is 0 Å². The molecule has 0 aromatic heterocycles. The fraction of sp³-hybridized carbons (Fsp3) is 0.529. The lowest BCUT2D eigenvalue weighted by atomic mass is 9.86. The molecule has 1 aromatic rings. The Kier molecular flexibility index (Phi) is 6.40. The van der Waals surface area contributed by atoms with Crippen LogP contribution >= 0.6 is 0 Å². The van der Waals surface area contributed by atoms with Gasteiger partial charge in [-0.25, -0.2) is 4.79 Å². The molecule has 1 amide bonds. The molecule has 0 spiro atoms. The van der Waals surface area contributed by atoms with Crippen LogP contribution in [0.3, 0.4) is 0 Å². The summed E-state index contributed by atoms with van der Waals surface area (Å²) < 4.78 is 36.9. The molecule has 0 fully saturated rings. The molecular weight excluding hydrogens is 323 g/mol. The molecule has 1 aromatic carbocycles. The van der Waals surface area contributed by atoms with E-state index in [1.165, 1.54) is 0 Å².